The van der Waals surface area contributed by atoms with Crippen LogP contribution in [0.5, 0.6) is 11.5 Å². The molecule has 0 saturated carbocycles. The maximum atomic E-state index is 14.6. The Labute approximate surface area is 271 Å². The number of anilines is 1. The van der Waals surface area contributed by atoms with Crippen LogP contribution in [0.2, 0.25) is 0 Å². The summed E-state index contributed by atoms with van der Waals surface area (Å²) in [6, 6.07) is 28.6. The number of hydrogen-bond acceptors (Lipinski definition) is 6. The number of amides is 2. The molecule has 2 amide bonds. The molecule has 1 atom stereocenters. The van der Waals surface area contributed by atoms with Crippen LogP contribution in [0.3, 0.4) is 0 Å². The summed E-state index contributed by atoms with van der Waals surface area (Å²) in [5, 5.41) is 2.97. The predicted molar refractivity (Wildman–Crippen MR) is 179 cm³/mol. The zero-order valence-corrected chi connectivity index (χ0v) is 27.7. The lowest BCUT2D eigenvalue weighted by atomic mass is 10.0. The van der Waals surface area contributed by atoms with Gasteiger partial charge in [0.05, 0.1) is 24.8 Å². The predicted octanol–water partition coefficient (Wildman–Crippen LogP) is 5.37. The minimum Gasteiger partial charge on any atom is -0.497 e. The van der Waals surface area contributed by atoms with Crippen LogP contribution in [0.25, 0.3) is 0 Å². The minimum atomic E-state index is -4.29. The number of benzene rings is 4. The van der Waals surface area contributed by atoms with Crippen molar-refractivity contribution in [2.75, 3.05) is 25.1 Å². The maximum Gasteiger partial charge on any atom is 0.264 e. The molecule has 4 rings (SSSR count). The molecule has 0 aliphatic heterocycles. The summed E-state index contributed by atoms with van der Waals surface area (Å²) in [4.78, 5) is 29.9. The molecule has 0 radical (unpaired) electrons. The Morgan fingerprint density at radius 1 is 0.804 bits per heavy atom. The molecule has 46 heavy (non-hydrogen) atoms. The number of rotatable bonds is 14. The Balaban J connectivity index is 1.86. The Hall–Kier alpha value is -4.83. The topological polar surface area (TPSA) is 105 Å². The van der Waals surface area contributed by atoms with Gasteiger partial charge in [0.2, 0.25) is 11.8 Å². The Bertz CT molecular complexity index is 1710. The summed E-state index contributed by atoms with van der Waals surface area (Å²) in [6.45, 7) is 5.15. The van der Waals surface area contributed by atoms with E-state index in [1.54, 1.807) is 30.3 Å². The second-order valence-corrected chi connectivity index (χ2v) is 13.1. The van der Waals surface area contributed by atoms with Crippen molar-refractivity contribution < 1.29 is 27.5 Å². The molecular formula is C36H41N3O6S. The standard InChI is InChI=1S/C36H41N3O6S/c1-26(2)37-36(41)33(22-28-12-8-6-9-13-28)38(24-29-18-16-27(3)17-19-29)35(40)25-39(46(42,43)31-14-10-7-11-15-31)32-23-30(44-4)20-21-34(32)45-5/h6-21,23,26,33H,22,24-25H2,1-5H3,(H,37,41). The van der Waals surface area contributed by atoms with Gasteiger partial charge in [-0.05, 0) is 56.2 Å². The van der Waals surface area contributed by atoms with Gasteiger partial charge in [0, 0.05) is 25.1 Å². The van der Waals surface area contributed by atoms with Crippen LogP contribution in [-0.4, -0.2) is 58.0 Å². The number of nitrogens with zero attached hydrogens (tertiary/aromatic N) is 2. The van der Waals surface area contributed by atoms with E-state index in [0.29, 0.717) is 5.75 Å². The molecule has 0 aliphatic rings. The van der Waals surface area contributed by atoms with Gasteiger partial charge in [-0.25, -0.2) is 8.42 Å². The molecule has 1 unspecified atom stereocenters. The van der Waals surface area contributed by atoms with Crippen molar-refractivity contribution in [2.45, 2.75) is 50.7 Å². The largest absolute Gasteiger partial charge is 0.497 e. The first-order valence-corrected chi connectivity index (χ1v) is 16.5. The highest BCUT2D eigenvalue weighted by molar-refractivity contribution is 7.92. The quantitative estimate of drug-likeness (QED) is 0.198. The molecule has 0 spiro atoms. The molecule has 0 aliphatic carbocycles. The molecule has 0 aromatic heterocycles. The second kappa shape index (κ2) is 15.4. The Morgan fingerprint density at radius 2 is 1.43 bits per heavy atom. The third-order valence-electron chi connectivity index (χ3n) is 7.44. The van der Waals surface area contributed by atoms with Crippen LogP contribution in [0.15, 0.2) is 108 Å². The number of sulfonamides is 1. The summed E-state index contributed by atoms with van der Waals surface area (Å²) in [6.07, 6.45) is 0.227. The van der Waals surface area contributed by atoms with Gasteiger partial charge in [-0.1, -0.05) is 78.4 Å². The number of ether oxygens (including phenoxy) is 2. The highest BCUT2D eigenvalue weighted by Gasteiger charge is 2.36. The van der Waals surface area contributed by atoms with E-state index in [1.807, 2.05) is 75.4 Å². The number of hydrogen-bond donors (Lipinski definition) is 1. The molecule has 0 fully saturated rings. The van der Waals surface area contributed by atoms with Crippen molar-refractivity contribution in [1.29, 1.82) is 0 Å². The van der Waals surface area contributed by atoms with Gasteiger partial charge < -0.3 is 19.7 Å². The van der Waals surface area contributed by atoms with E-state index in [1.165, 1.54) is 37.3 Å². The lowest BCUT2D eigenvalue weighted by molar-refractivity contribution is -0.140. The van der Waals surface area contributed by atoms with Gasteiger partial charge in [-0.2, -0.15) is 0 Å². The molecule has 10 heteroatoms. The zero-order chi connectivity index (χ0) is 33.3. The Morgan fingerprint density at radius 3 is 2.02 bits per heavy atom. The van der Waals surface area contributed by atoms with Crippen LogP contribution in [0.4, 0.5) is 5.69 Å². The van der Waals surface area contributed by atoms with Gasteiger partial charge in [-0.15, -0.1) is 0 Å². The molecule has 242 valence electrons. The fraction of sp³-hybridized carbons (Fsp3) is 0.278. The lowest BCUT2D eigenvalue weighted by Gasteiger charge is -2.34. The number of nitrogens with one attached hydrogen (secondary N) is 1. The first kappa shape index (κ1) is 34.1. The van der Waals surface area contributed by atoms with Crippen molar-refractivity contribution >= 4 is 27.5 Å². The average Bonchev–Trinajstić information content (AvgIpc) is 3.06. The molecule has 0 bridgehead atoms. The minimum absolute atomic E-state index is 0.00357. The number of carbonyl (C=O) groups excluding carboxylic acids is 2. The molecule has 1 N–H and O–H groups in total. The van der Waals surface area contributed by atoms with E-state index in [4.69, 9.17) is 9.47 Å². The Kier molecular flexibility index (Phi) is 11.4. The van der Waals surface area contributed by atoms with Gasteiger partial charge in [-0.3, -0.25) is 13.9 Å². The van der Waals surface area contributed by atoms with E-state index in [-0.39, 0.29) is 41.2 Å². The second-order valence-electron chi connectivity index (χ2n) is 11.2. The fourth-order valence-electron chi connectivity index (χ4n) is 5.05. The van der Waals surface area contributed by atoms with E-state index < -0.39 is 28.5 Å². The molecule has 4 aromatic rings. The van der Waals surface area contributed by atoms with Gasteiger partial charge in [0.15, 0.2) is 0 Å². The van der Waals surface area contributed by atoms with E-state index >= 15 is 0 Å². The summed E-state index contributed by atoms with van der Waals surface area (Å²) >= 11 is 0. The van der Waals surface area contributed by atoms with Gasteiger partial charge >= 0.3 is 0 Å². The SMILES string of the molecule is COc1ccc(OC)c(N(CC(=O)N(Cc2ccc(C)cc2)C(Cc2ccccc2)C(=O)NC(C)C)S(=O)(=O)c2ccccc2)c1. The van der Waals surface area contributed by atoms with Crippen LogP contribution in [-0.2, 0) is 32.6 Å². The summed E-state index contributed by atoms with van der Waals surface area (Å²) in [5.41, 5.74) is 2.83. The third kappa shape index (κ3) is 8.45. The monoisotopic (exact) mass is 643 g/mol. The van der Waals surface area contributed by atoms with Crippen LogP contribution in [0, 0.1) is 6.92 Å². The molecule has 4 aromatic carbocycles. The van der Waals surface area contributed by atoms with E-state index in [9.17, 15) is 18.0 Å². The summed E-state index contributed by atoms with van der Waals surface area (Å²) < 4.78 is 40.5. The van der Waals surface area contributed by atoms with Gasteiger partial charge in [0.1, 0.15) is 24.1 Å². The van der Waals surface area contributed by atoms with E-state index in [2.05, 4.69) is 5.32 Å². The van der Waals surface area contributed by atoms with Crippen LogP contribution >= 0.6 is 0 Å². The van der Waals surface area contributed by atoms with Crippen molar-refractivity contribution in [3.8, 4) is 11.5 Å². The number of methoxy groups -OCH3 is 2. The smallest absolute Gasteiger partial charge is 0.264 e. The first-order chi connectivity index (χ1) is 22.0. The number of carbonyl (C=O) groups is 2. The average molecular weight is 644 g/mol. The first-order valence-electron chi connectivity index (χ1n) is 15.0. The number of aryl methyl sites for hydroxylation is 1. The van der Waals surface area contributed by atoms with E-state index in [0.717, 1.165) is 21.0 Å². The molecule has 9 nitrogen and oxygen atoms in total. The normalized spacial score (nSPS) is 11.9. The molecule has 0 saturated heterocycles. The highest BCUT2D eigenvalue weighted by Crippen LogP contribution is 2.36. The maximum absolute atomic E-state index is 14.6. The third-order valence-corrected chi connectivity index (χ3v) is 9.21. The van der Waals surface area contributed by atoms with Gasteiger partial charge in [0.25, 0.3) is 10.0 Å². The summed E-state index contributed by atoms with van der Waals surface area (Å²) in [7, 11) is -1.40. The summed E-state index contributed by atoms with van der Waals surface area (Å²) in [5.74, 6) is -0.289. The molecule has 0 heterocycles. The zero-order valence-electron chi connectivity index (χ0n) is 26.8. The lowest BCUT2D eigenvalue weighted by Crippen LogP contribution is -2.54. The van der Waals surface area contributed by atoms with Crippen LogP contribution < -0.4 is 19.1 Å². The van der Waals surface area contributed by atoms with Crippen LogP contribution in [0.1, 0.15) is 30.5 Å². The molecular weight excluding hydrogens is 602 g/mol. The highest BCUT2D eigenvalue weighted by atomic mass is 32.2. The fourth-order valence-corrected chi connectivity index (χ4v) is 6.49. The van der Waals surface area contributed by atoms with Crippen molar-refractivity contribution in [3.05, 3.63) is 120 Å². The van der Waals surface area contributed by atoms with Crippen molar-refractivity contribution in [3.63, 3.8) is 0 Å². The van der Waals surface area contributed by atoms with Crippen molar-refractivity contribution in [2.24, 2.45) is 0 Å². The van der Waals surface area contributed by atoms with Crippen molar-refractivity contribution in [1.82, 2.24) is 10.2 Å².